The maximum Gasteiger partial charge on any atom is 0.272 e. The minimum atomic E-state index is -3.86. The zero-order chi connectivity index (χ0) is 29.6. The Labute approximate surface area is 244 Å². The van der Waals surface area contributed by atoms with Crippen LogP contribution in [0, 0.1) is 0 Å². The Morgan fingerprint density at radius 3 is 2.23 bits per heavy atom. The summed E-state index contributed by atoms with van der Waals surface area (Å²) < 4.78 is 50.5. The van der Waals surface area contributed by atoms with Crippen LogP contribution in [-0.2, 0) is 19.7 Å². The Kier molecular flexibility index (Phi) is 8.25. The number of aromatic nitrogens is 1. The van der Waals surface area contributed by atoms with Gasteiger partial charge in [0.05, 0.1) is 37.2 Å². The van der Waals surface area contributed by atoms with Gasteiger partial charge >= 0.3 is 0 Å². The maximum absolute atomic E-state index is 13.1. The van der Waals surface area contributed by atoms with E-state index in [1.54, 1.807) is 18.2 Å². The van der Waals surface area contributed by atoms with Crippen LogP contribution >= 0.6 is 34.5 Å². The Morgan fingerprint density at radius 1 is 1.00 bits per heavy atom. The first kappa shape index (κ1) is 29.9. The quantitative estimate of drug-likeness (QED) is 0.178. The smallest absolute Gasteiger partial charge is 0.272 e. The standard InChI is InChI=1S/C25H23Cl2N3O7S3/c1-4-39(34,35)15-9-17(29-24(32)19-8-13-7-14(26)5-6-16(13)28-19)22(31)18(10-15)30-25(33)23-21(27)20(11-38-23)40(36,37)12(2)3/h5-12,28,31H,4H2,1-3H3,(H,29,32)(H,30,33). The van der Waals surface area contributed by atoms with Crippen LogP contribution in [0.15, 0.2) is 51.6 Å². The summed E-state index contributed by atoms with van der Waals surface area (Å²) in [6.45, 7) is 4.36. The first-order chi connectivity index (χ1) is 18.6. The monoisotopic (exact) mass is 643 g/mol. The van der Waals surface area contributed by atoms with Crippen LogP contribution in [-0.4, -0.2) is 49.7 Å². The normalized spacial score (nSPS) is 12.2. The number of carbonyl (C=O) groups excluding carboxylic acids is 2. The van der Waals surface area contributed by atoms with Crippen LogP contribution in [0.1, 0.15) is 40.9 Å². The lowest BCUT2D eigenvalue weighted by molar-refractivity contribution is 0.101. The van der Waals surface area contributed by atoms with E-state index in [2.05, 4.69) is 15.6 Å². The number of aromatic amines is 1. The summed E-state index contributed by atoms with van der Waals surface area (Å²) in [6, 6.07) is 8.62. The zero-order valence-electron chi connectivity index (χ0n) is 21.2. The summed E-state index contributed by atoms with van der Waals surface area (Å²) in [5.41, 5.74) is 0.110. The van der Waals surface area contributed by atoms with Crippen molar-refractivity contribution in [2.24, 2.45) is 0 Å². The number of benzene rings is 2. The number of amides is 2. The van der Waals surface area contributed by atoms with Crippen molar-refractivity contribution in [3.05, 3.63) is 62.4 Å². The van der Waals surface area contributed by atoms with Gasteiger partial charge in [0.15, 0.2) is 25.4 Å². The molecule has 0 unspecified atom stereocenters. The van der Waals surface area contributed by atoms with Crippen LogP contribution in [0.2, 0.25) is 10.0 Å². The Hall–Kier alpha value is -3.10. The van der Waals surface area contributed by atoms with Gasteiger partial charge in [0.1, 0.15) is 10.6 Å². The average molecular weight is 645 g/mol. The highest BCUT2D eigenvalue weighted by atomic mass is 35.5. The van der Waals surface area contributed by atoms with E-state index in [9.17, 15) is 31.5 Å². The van der Waals surface area contributed by atoms with E-state index < -0.39 is 42.5 Å². The lowest BCUT2D eigenvalue weighted by Gasteiger charge is -2.14. The molecule has 2 amide bonds. The lowest BCUT2D eigenvalue weighted by Crippen LogP contribution is -2.16. The highest BCUT2D eigenvalue weighted by Crippen LogP contribution is 2.38. The van der Waals surface area contributed by atoms with E-state index in [4.69, 9.17) is 23.2 Å². The molecule has 0 aliphatic heterocycles. The molecule has 2 aromatic heterocycles. The molecule has 4 N–H and O–H groups in total. The third kappa shape index (κ3) is 5.70. The molecule has 0 radical (unpaired) electrons. The van der Waals surface area contributed by atoms with Crippen LogP contribution < -0.4 is 10.6 Å². The first-order valence-corrected chi connectivity index (χ1v) is 16.5. The van der Waals surface area contributed by atoms with Gasteiger partial charge in [-0.05, 0) is 50.2 Å². The van der Waals surface area contributed by atoms with Crippen LogP contribution in [0.5, 0.6) is 5.75 Å². The van der Waals surface area contributed by atoms with Gasteiger partial charge in [-0.2, -0.15) is 0 Å². The third-order valence-corrected chi connectivity index (χ3v) is 11.8. The number of phenolic OH excluding ortho intramolecular Hbond substituents is 1. The minimum absolute atomic E-state index is 0.107. The summed E-state index contributed by atoms with van der Waals surface area (Å²) in [6.07, 6.45) is 0. The third-order valence-electron chi connectivity index (χ3n) is 5.98. The number of anilines is 2. The average Bonchev–Trinajstić information content (AvgIpc) is 3.49. The number of aromatic hydroxyl groups is 1. The van der Waals surface area contributed by atoms with Crippen molar-refractivity contribution >= 4 is 88.3 Å². The fraction of sp³-hybridized carbons (Fsp3) is 0.200. The molecule has 2 heterocycles. The van der Waals surface area contributed by atoms with E-state index in [1.165, 1.54) is 32.2 Å². The number of hydrogen-bond acceptors (Lipinski definition) is 8. The van der Waals surface area contributed by atoms with Crippen molar-refractivity contribution < 1.29 is 31.5 Å². The molecule has 0 saturated carbocycles. The zero-order valence-corrected chi connectivity index (χ0v) is 25.2. The number of sulfone groups is 2. The fourth-order valence-electron chi connectivity index (χ4n) is 3.67. The van der Waals surface area contributed by atoms with Gasteiger partial charge in [-0.25, -0.2) is 16.8 Å². The Balaban J connectivity index is 1.72. The maximum atomic E-state index is 13.1. The number of carbonyl (C=O) groups is 2. The molecule has 4 rings (SSSR count). The summed E-state index contributed by atoms with van der Waals surface area (Å²) in [5, 5.41) is 17.1. The molecule has 0 atom stereocenters. The van der Waals surface area contributed by atoms with E-state index in [-0.39, 0.29) is 42.5 Å². The number of fused-ring (bicyclic) bond motifs is 1. The van der Waals surface area contributed by atoms with Crippen molar-refractivity contribution in [1.82, 2.24) is 4.98 Å². The second-order valence-electron chi connectivity index (χ2n) is 8.93. The number of H-pyrrole nitrogens is 1. The van der Waals surface area contributed by atoms with E-state index in [0.29, 0.717) is 15.9 Å². The van der Waals surface area contributed by atoms with Crippen LogP contribution in [0.3, 0.4) is 0 Å². The lowest BCUT2D eigenvalue weighted by atomic mass is 10.2. The number of rotatable bonds is 8. The number of phenols is 1. The van der Waals surface area contributed by atoms with E-state index in [1.807, 2.05) is 0 Å². The molecule has 40 heavy (non-hydrogen) atoms. The molecule has 0 aliphatic carbocycles. The SMILES string of the molecule is CCS(=O)(=O)c1cc(NC(=O)c2cc3cc(Cl)ccc3[nH]2)c(O)c(NC(=O)c2scc(S(=O)(=O)C(C)C)c2Cl)c1. The highest BCUT2D eigenvalue weighted by Gasteiger charge is 2.29. The van der Waals surface area contributed by atoms with Crippen molar-refractivity contribution in [1.29, 1.82) is 0 Å². The number of thiophene rings is 1. The van der Waals surface area contributed by atoms with Crippen molar-refractivity contribution in [3.63, 3.8) is 0 Å². The summed E-state index contributed by atoms with van der Waals surface area (Å²) in [5.74, 6) is -2.50. The number of hydrogen-bond donors (Lipinski definition) is 4. The molecule has 4 aromatic rings. The van der Waals surface area contributed by atoms with E-state index in [0.717, 1.165) is 23.5 Å². The molecule has 0 aliphatic rings. The van der Waals surface area contributed by atoms with Crippen LogP contribution in [0.4, 0.5) is 11.4 Å². The van der Waals surface area contributed by atoms with Crippen molar-refractivity contribution in [3.8, 4) is 5.75 Å². The van der Waals surface area contributed by atoms with Gasteiger partial charge in [-0.15, -0.1) is 11.3 Å². The molecule has 10 nitrogen and oxygen atoms in total. The highest BCUT2D eigenvalue weighted by molar-refractivity contribution is 7.92. The predicted octanol–water partition coefficient (Wildman–Crippen LogP) is 5.72. The van der Waals surface area contributed by atoms with Gasteiger partial charge in [0.2, 0.25) is 0 Å². The van der Waals surface area contributed by atoms with Crippen LogP contribution in [0.25, 0.3) is 10.9 Å². The summed E-state index contributed by atoms with van der Waals surface area (Å²) in [4.78, 5) is 28.3. The minimum Gasteiger partial charge on any atom is -0.504 e. The van der Waals surface area contributed by atoms with Gasteiger partial charge in [0.25, 0.3) is 11.8 Å². The van der Waals surface area contributed by atoms with Gasteiger partial charge in [0, 0.05) is 21.3 Å². The second-order valence-corrected chi connectivity index (χ2v) is 15.4. The largest absolute Gasteiger partial charge is 0.504 e. The van der Waals surface area contributed by atoms with Gasteiger partial charge in [-0.1, -0.05) is 30.1 Å². The fourth-order valence-corrected chi connectivity index (χ4v) is 7.76. The molecule has 15 heteroatoms. The van der Waals surface area contributed by atoms with Gasteiger partial charge < -0.3 is 20.7 Å². The molecule has 2 aromatic carbocycles. The van der Waals surface area contributed by atoms with Crippen molar-refractivity contribution in [2.45, 2.75) is 35.8 Å². The first-order valence-electron chi connectivity index (χ1n) is 11.7. The molecule has 212 valence electrons. The Morgan fingerprint density at radius 2 is 1.62 bits per heavy atom. The molecule has 0 spiro atoms. The predicted molar refractivity (Wildman–Crippen MR) is 157 cm³/mol. The summed E-state index contributed by atoms with van der Waals surface area (Å²) in [7, 11) is -7.64. The van der Waals surface area contributed by atoms with E-state index >= 15 is 0 Å². The van der Waals surface area contributed by atoms with Crippen molar-refractivity contribution in [2.75, 3.05) is 16.4 Å². The summed E-state index contributed by atoms with van der Waals surface area (Å²) >= 11 is 13.0. The molecule has 0 bridgehead atoms. The molecule has 0 saturated heterocycles. The van der Waals surface area contributed by atoms with Gasteiger partial charge in [-0.3, -0.25) is 9.59 Å². The molecular weight excluding hydrogens is 621 g/mol. The number of nitrogens with one attached hydrogen (secondary N) is 3. The topological polar surface area (TPSA) is 162 Å². The Bertz CT molecular complexity index is 1880. The molecule has 0 fully saturated rings. The number of halogens is 2. The molecular formula is C25H23Cl2N3O7S3. The second kappa shape index (κ2) is 11.1.